The summed E-state index contributed by atoms with van der Waals surface area (Å²) >= 11 is 0. The molecule has 0 aliphatic heterocycles. The second-order valence-electron chi connectivity index (χ2n) is 10.8. The van der Waals surface area contributed by atoms with Gasteiger partial charge in [0.2, 0.25) is 0 Å². The zero-order valence-corrected chi connectivity index (χ0v) is 23.6. The molecule has 6 nitrogen and oxygen atoms in total. The minimum atomic E-state index is -1.03. The molecule has 0 atom stereocenters. The topological polar surface area (TPSA) is 80.1 Å². The summed E-state index contributed by atoms with van der Waals surface area (Å²) in [6.07, 6.45) is 6.45. The highest BCUT2D eigenvalue weighted by Crippen LogP contribution is 2.37. The number of aromatic carboxylic acids is 1. The van der Waals surface area contributed by atoms with Crippen molar-refractivity contribution in [3.63, 3.8) is 0 Å². The lowest BCUT2D eigenvalue weighted by atomic mass is 10.00. The Bertz CT molecular complexity index is 2160. The van der Waals surface area contributed by atoms with Gasteiger partial charge < -0.3 is 19.4 Å². The van der Waals surface area contributed by atoms with Gasteiger partial charge in [0, 0.05) is 52.3 Å². The van der Waals surface area contributed by atoms with E-state index in [1.807, 2.05) is 77.5 Å². The Morgan fingerprint density at radius 1 is 0.886 bits per heavy atom. The van der Waals surface area contributed by atoms with E-state index < -0.39 is 17.6 Å². The molecule has 0 saturated heterocycles. The molecular weight excluding hydrogens is 560 g/mol. The van der Waals surface area contributed by atoms with Crippen LogP contribution in [0.5, 0.6) is 5.75 Å². The molecule has 0 bridgehead atoms. The van der Waals surface area contributed by atoms with E-state index in [0.29, 0.717) is 30.5 Å². The van der Waals surface area contributed by atoms with Crippen molar-refractivity contribution in [3.05, 3.63) is 132 Å². The minimum absolute atomic E-state index is 0.151. The predicted octanol–water partition coefficient (Wildman–Crippen LogP) is 8.37. The van der Waals surface area contributed by atoms with Gasteiger partial charge in [0.25, 0.3) is 0 Å². The molecule has 7 rings (SSSR count). The Balaban J connectivity index is 1.22. The maximum absolute atomic E-state index is 13.9. The number of halogens is 2. The maximum Gasteiger partial charge on any atom is 0.352 e. The first kappa shape index (κ1) is 27.3. The van der Waals surface area contributed by atoms with E-state index in [2.05, 4.69) is 9.97 Å². The number of carboxylic acids is 1. The smallest absolute Gasteiger partial charge is 0.352 e. The Morgan fingerprint density at radius 3 is 2.50 bits per heavy atom. The first-order chi connectivity index (χ1) is 21.5. The van der Waals surface area contributed by atoms with Crippen molar-refractivity contribution >= 4 is 38.5 Å². The number of rotatable bonds is 9. The average Bonchev–Trinajstić information content (AvgIpc) is 3.58. The molecule has 3 aromatic heterocycles. The van der Waals surface area contributed by atoms with Crippen LogP contribution in [0.1, 0.15) is 28.0 Å². The molecule has 0 aliphatic carbocycles. The van der Waals surface area contributed by atoms with Crippen LogP contribution in [0.15, 0.2) is 104 Å². The van der Waals surface area contributed by atoms with Crippen molar-refractivity contribution in [1.82, 2.24) is 14.5 Å². The number of nitrogens with one attached hydrogen (secondary N) is 1. The molecule has 3 heterocycles. The van der Waals surface area contributed by atoms with E-state index in [0.717, 1.165) is 55.6 Å². The molecule has 218 valence electrons. The van der Waals surface area contributed by atoms with Gasteiger partial charge in [-0.2, -0.15) is 0 Å². The Kier molecular flexibility index (Phi) is 7.02. The van der Waals surface area contributed by atoms with E-state index in [9.17, 15) is 18.7 Å². The van der Waals surface area contributed by atoms with Gasteiger partial charge in [0.15, 0.2) is 0 Å². The van der Waals surface area contributed by atoms with Gasteiger partial charge in [0.05, 0.1) is 23.8 Å². The number of aryl methyl sites for hydroxylation is 1. The van der Waals surface area contributed by atoms with Crippen molar-refractivity contribution < 1.29 is 23.4 Å². The number of aromatic amines is 1. The number of benzene rings is 4. The van der Waals surface area contributed by atoms with Crippen LogP contribution in [0.2, 0.25) is 0 Å². The molecule has 4 aromatic carbocycles. The molecule has 44 heavy (non-hydrogen) atoms. The number of carbonyl (C=O) groups is 1. The molecule has 2 N–H and O–H groups in total. The Morgan fingerprint density at radius 2 is 1.66 bits per heavy atom. The number of para-hydroxylation sites is 1. The lowest BCUT2D eigenvalue weighted by molar-refractivity contribution is 0.0690. The minimum Gasteiger partial charge on any atom is -0.493 e. The van der Waals surface area contributed by atoms with Crippen LogP contribution in [0.25, 0.3) is 43.7 Å². The van der Waals surface area contributed by atoms with Crippen LogP contribution < -0.4 is 4.74 Å². The maximum atomic E-state index is 13.9. The van der Waals surface area contributed by atoms with Gasteiger partial charge >= 0.3 is 5.97 Å². The van der Waals surface area contributed by atoms with E-state index >= 15 is 0 Å². The monoisotopic (exact) mass is 587 g/mol. The predicted molar refractivity (Wildman–Crippen MR) is 167 cm³/mol. The third kappa shape index (κ3) is 5.04. The van der Waals surface area contributed by atoms with E-state index in [1.54, 1.807) is 12.4 Å². The van der Waals surface area contributed by atoms with Crippen molar-refractivity contribution in [2.24, 2.45) is 0 Å². The molecule has 0 fully saturated rings. The quantitative estimate of drug-likeness (QED) is 0.166. The second-order valence-corrected chi connectivity index (χ2v) is 10.8. The highest BCUT2D eigenvalue weighted by atomic mass is 19.1. The SMILES string of the molecule is O=C(O)c1[nH]c2c(-c3cn(Cc4cc(F)cc(F)c4)c4cnccc34)cccc2c1CCCOc1cccc2ccccc12. The van der Waals surface area contributed by atoms with Crippen molar-refractivity contribution in [2.75, 3.05) is 6.61 Å². The summed E-state index contributed by atoms with van der Waals surface area (Å²) in [7, 11) is 0. The van der Waals surface area contributed by atoms with Gasteiger partial charge in [-0.3, -0.25) is 4.98 Å². The molecular formula is C36H27F2N3O3. The highest BCUT2D eigenvalue weighted by molar-refractivity contribution is 6.07. The van der Waals surface area contributed by atoms with Crippen molar-refractivity contribution in [2.45, 2.75) is 19.4 Å². The summed E-state index contributed by atoms with van der Waals surface area (Å²) in [5, 5.41) is 14.0. The van der Waals surface area contributed by atoms with E-state index in [1.165, 1.54) is 12.1 Å². The summed E-state index contributed by atoms with van der Waals surface area (Å²) < 4.78 is 35.9. The molecule has 0 unspecified atom stereocenters. The van der Waals surface area contributed by atoms with E-state index in [-0.39, 0.29) is 12.2 Å². The summed E-state index contributed by atoms with van der Waals surface area (Å²) in [6, 6.07) is 25.1. The number of fused-ring (bicyclic) bond motifs is 3. The average molecular weight is 588 g/mol. The first-order valence-electron chi connectivity index (χ1n) is 14.3. The molecule has 7 aromatic rings. The van der Waals surface area contributed by atoms with Gasteiger partial charge in [0.1, 0.15) is 23.1 Å². The molecule has 0 amide bonds. The largest absolute Gasteiger partial charge is 0.493 e. The third-order valence-electron chi connectivity index (χ3n) is 7.98. The van der Waals surface area contributed by atoms with Crippen LogP contribution in [0.3, 0.4) is 0 Å². The summed E-state index contributed by atoms with van der Waals surface area (Å²) in [4.78, 5) is 19.8. The molecule has 0 aliphatic rings. The van der Waals surface area contributed by atoms with Crippen LogP contribution in [-0.2, 0) is 13.0 Å². The van der Waals surface area contributed by atoms with Crippen molar-refractivity contribution in [1.29, 1.82) is 0 Å². The number of hydrogen-bond acceptors (Lipinski definition) is 3. The normalized spacial score (nSPS) is 11.5. The van der Waals surface area contributed by atoms with Crippen molar-refractivity contribution in [3.8, 4) is 16.9 Å². The van der Waals surface area contributed by atoms with Gasteiger partial charge in [-0.15, -0.1) is 0 Å². The summed E-state index contributed by atoms with van der Waals surface area (Å²) in [5.41, 5.74) is 4.53. The Hall–Kier alpha value is -5.50. The molecule has 0 spiro atoms. The standard InChI is InChI=1S/C36H27F2N3O3/c37-24-16-22(17-25(38)18-24)20-41-21-31(27-13-14-39-19-32(27)41)30-10-4-9-28-29(35(36(42)43)40-34(28)30)11-5-15-44-33-12-3-7-23-6-1-2-8-26(23)33/h1-4,6-10,12-14,16-19,21,40H,5,11,15,20H2,(H,42,43). The highest BCUT2D eigenvalue weighted by Gasteiger charge is 2.21. The lowest BCUT2D eigenvalue weighted by Crippen LogP contribution is -2.04. The lowest BCUT2D eigenvalue weighted by Gasteiger charge is -2.09. The zero-order chi connectivity index (χ0) is 30.2. The van der Waals surface area contributed by atoms with Gasteiger partial charge in [-0.1, -0.05) is 54.6 Å². The summed E-state index contributed by atoms with van der Waals surface area (Å²) in [5.74, 6) is -1.50. The fraction of sp³-hybridized carbons (Fsp3) is 0.111. The molecule has 0 radical (unpaired) electrons. The molecule has 8 heteroatoms. The number of H-pyrrole nitrogens is 1. The fourth-order valence-corrected chi connectivity index (χ4v) is 6.07. The number of carboxylic acid groups (broad SMARTS) is 1. The summed E-state index contributed by atoms with van der Waals surface area (Å²) in [6.45, 7) is 0.667. The number of pyridine rings is 1. The van der Waals surface area contributed by atoms with Gasteiger partial charge in [-0.05, 0) is 53.6 Å². The van der Waals surface area contributed by atoms with Crippen LogP contribution >= 0.6 is 0 Å². The second kappa shape index (κ2) is 11.3. The molecule has 0 saturated carbocycles. The van der Waals surface area contributed by atoms with Crippen LogP contribution in [0.4, 0.5) is 8.78 Å². The number of nitrogens with zero attached hydrogens (tertiary/aromatic N) is 2. The van der Waals surface area contributed by atoms with Gasteiger partial charge in [-0.25, -0.2) is 13.6 Å². The first-order valence-corrected chi connectivity index (χ1v) is 14.3. The zero-order valence-electron chi connectivity index (χ0n) is 23.6. The number of ether oxygens (including phenoxy) is 1. The number of hydrogen-bond donors (Lipinski definition) is 2. The van der Waals surface area contributed by atoms with Crippen LogP contribution in [-0.4, -0.2) is 32.2 Å². The van der Waals surface area contributed by atoms with E-state index in [4.69, 9.17) is 4.74 Å². The fourth-order valence-electron chi connectivity index (χ4n) is 6.07. The van der Waals surface area contributed by atoms with Crippen LogP contribution in [0, 0.1) is 11.6 Å². The number of aromatic nitrogens is 3. The third-order valence-corrected chi connectivity index (χ3v) is 7.98. The Labute approximate surface area is 251 Å².